The summed E-state index contributed by atoms with van der Waals surface area (Å²) in [5.74, 6) is -0.360. The van der Waals surface area contributed by atoms with Gasteiger partial charge in [0.2, 0.25) is 5.91 Å². The average Bonchev–Trinajstić information content (AvgIpc) is 2.64. The van der Waals surface area contributed by atoms with Crippen molar-refractivity contribution in [1.82, 2.24) is 10.2 Å². The predicted octanol–water partition coefficient (Wildman–Crippen LogP) is 4.51. The summed E-state index contributed by atoms with van der Waals surface area (Å²) in [6, 6.07) is 12.7. The van der Waals surface area contributed by atoms with E-state index in [1.54, 1.807) is 18.2 Å². The van der Waals surface area contributed by atoms with Crippen molar-refractivity contribution in [3.05, 3.63) is 63.6 Å². The summed E-state index contributed by atoms with van der Waals surface area (Å²) in [5, 5.41) is 6.22. The largest absolute Gasteiger partial charge is 0.338 e. The maximum Gasteiger partial charge on any atom is 0.317 e. The third-order valence-corrected chi connectivity index (χ3v) is 4.79. The molecule has 0 saturated carbocycles. The first-order valence-electron chi connectivity index (χ1n) is 8.73. The van der Waals surface area contributed by atoms with Crippen molar-refractivity contribution < 1.29 is 9.59 Å². The standard InChI is InChI=1S/C20H23Cl2N3O2/c1-3-25(13-18(26)24-19-16(21)9-6-10-17(19)22)20(27)23-12-11-15-8-5-4-7-14(15)2/h4-10H,3,11-13H2,1-2H3,(H,23,27)(H,24,26). The van der Waals surface area contributed by atoms with Crippen molar-refractivity contribution in [2.24, 2.45) is 0 Å². The number of amides is 3. The molecule has 0 fully saturated rings. The van der Waals surface area contributed by atoms with Gasteiger partial charge in [-0.3, -0.25) is 4.79 Å². The van der Waals surface area contributed by atoms with E-state index in [4.69, 9.17) is 23.2 Å². The molecule has 0 aliphatic carbocycles. The van der Waals surface area contributed by atoms with Crippen LogP contribution in [0, 0.1) is 6.92 Å². The first-order valence-corrected chi connectivity index (χ1v) is 9.49. The zero-order valence-electron chi connectivity index (χ0n) is 15.4. The SMILES string of the molecule is CCN(CC(=O)Nc1c(Cl)cccc1Cl)C(=O)NCCc1ccccc1C. The molecule has 2 N–H and O–H groups in total. The van der Waals surface area contributed by atoms with E-state index < -0.39 is 0 Å². The van der Waals surface area contributed by atoms with Crippen LogP contribution >= 0.6 is 23.2 Å². The molecule has 144 valence electrons. The van der Waals surface area contributed by atoms with Crippen LogP contribution in [-0.4, -0.2) is 36.5 Å². The topological polar surface area (TPSA) is 61.4 Å². The minimum absolute atomic E-state index is 0.0890. The zero-order chi connectivity index (χ0) is 19.8. The van der Waals surface area contributed by atoms with Gasteiger partial charge in [0.25, 0.3) is 0 Å². The number of urea groups is 1. The van der Waals surface area contributed by atoms with E-state index in [0.29, 0.717) is 28.8 Å². The molecule has 7 heteroatoms. The van der Waals surface area contributed by atoms with E-state index in [1.165, 1.54) is 16.0 Å². The van der Waals surface area contributed by atoms with Gasteiger partial charge in [-0.05, 0) is 43.5 Å². The predicted molar refractivity (Wildman–Crippen MR) is 111 cm³/mol. The van der Waals surface area contributed by atoms with Crippen molar-refractivity contribution in [1.29, 1.82) is 0 Å². The highest BCUT2D eigenvalue weighted by atomic mass is 35.5. The Morgan fingerprint density at radius 3 is 2.33 bits per heavy atom. The molecule has 2 aromatic rings. The highest BCUT2D eigenvalue weighted by molar-refractivity contribution is 6.39. The summed E-state index contributed by atoms with van der Waals surface area (Å²) in [7, 11) is 0. The van der Waals surface area contributed by atoms with E-state index in [-0.39, 0.29) is 18.5 Å². The van der Waals surface area contributed by atoms with E-state index in [9.17, 15) is 9.59 Å². The zero-order valence-corrected chi connectivity index (χ0v) is 16.9. The van der Waals surface area contributed by atoms with E-state index in [1.807, 2.05) is 38.1 Å². The maximum absolute atomic E-state index is 12.4. The van der Waals surface area contributed by atoms with Crippen molar-refractivity contribution in [3.8, 4) is 0 Å². The Morgan fingerprint density at radius 2 is 1.70 bits per heavy atom. The number of nitrogens with one attached hydrogen (secondary N) is 2. The smallest absolute Gasteiger partial charge is 0.317 e. The summed E-state index contributed by atoms with van der Waals surface area (Å²) < 4.78 is 0. The van der Waals surface area contributed by atoms with Crippen LogP contribution in [0.2, 0.25) is 10.0 Å². The molecule has 5 nitrogen and oxygen atoms in total. The molecular formula is C20H23Cl2N3O2. The number of benzene rings is 2. The summed E-state index contributed by atoms with van der Waals surface area (Å²) >= 11 is 12.1. The molecular weight excluding hydrogens is 385 g/mol. The van der Waals surface area contributed by atoms with Gasteiger partial charge < -0.3 is 15.5 Å². The molecule has 0 bridgehead atoms. The molecule has 0 spiro atoms. The number of carbonyl (C=O) groups excluding carboxylic acids is 2. The average molecular weight is 408 g/mol. The Morgan fingerprint density at radius 1 is 1.04 bits per heavy atom. The van der Waals surface area contributed by atoms with Crippen molar-refractivity contribution in [2.75, 3.05) is 25.0 Å². The fraction of sp³-hybridized carbons (Fsp3) is 0.300. The fourth-order valence-corrected chi connectivity index (χ4v) is 3.10. The second kappa shape index (κ2) is 10.2. The monoisotopic (exact) mass is 407 g/mol. The molecule has 0 aromatic heterocycles. The van der Waals surface area contributed by atoms with Gasteiger partial charge >= 0.3 is 6.03 Å². The lowest BCUT2D eigenvalue weighted by Gasteiger charge is -2.21. The number of aryl methyl sites for hydroxylation is 1. The lowest BCUT2D eigenvalue weighted by Crippen LogP contribution is -2.44. The number of hydrogen-bond donors (Lipinski definition) is 2. The van der Waals surface area contributed by atoms with Gasteiger partial charge in [-0.2, -0.15) is 0 Å². The molecule has 27 heavy (non-hydrogen) atoms. The van der Waals surface area contributed by atoms with E-state index in [2.05, 4.69) is 10.6 Å². The van der Waals surface area contributed by atoms with Crippen LogP contribution in [0.1, 0.15) is 18.1 Å². The van der Waals surface area contributed by atoms with Crippen molar-refractivity contribution in [2.45, 2.75) is 20.3 Å². The van der Waals surface area contributed by atoms with Gasteiger partial charge in [0.05, 0.1) is 15.7 Å². The minimum atomic E-state index is -0.360. The van der Waals surface area contributed by atoms with Crippen LogP contribution < -0.4 is 10.6 Å². The summed E-state index contributed by atoms with van der Waals surface area (Å²) in [6.07, 6.45) is 0.734. The third-order valence-electron chi connectivity index (χ3n) is 4.16. The van der Waals surface area contributed by atoms with Gasteiger partial charge in [-0.25, -0.2) is 4.79 Å². The summed E-state index contributed by atoms with van der Waals surface area (Å²) in [4.78, 5) is 26.1. The second-order valence-corrected chi connectivity index (χ2v) is 6.88. The Bertz CT molecular complexity index is 791. The number of anilines is 1. The Kier molecular flexibility index (Phi) is 7.95. The number of halogens is 2. The second-order valence-electron chi connectivity index (χ2n) is 6.07. The molecule has 0 saturated heterocycles. The van der Waals surface area contributed by atoms with Crippen LogP contribution in [0.4, 0.5) is 10.5 Å². The molecule has 2 rings (SSSR count). The first kappa shape index (κ1) is 21.1. The maximum atomic E-state index is 12.4. The number of para-hydroxylation sites is 1. The molecule has 2 aromatic carbocycles. The van der Waals surface area contributed by atoms with Gasteiger partial charge in [0.1, 0.15) is 6.54 Å². The number of likely N-dealkylation sites (N-methyl/N-ethyl adjacent to an activating group) is 1. The molecule has 3 amide bonds. The van der Waals surface area contributed by atoms with Gasteiger partial charge in [-0.15, -0.1) is 0 Å². The van der Waals surface area contributed by atoms with Crippen molar-refractivity contribution >= 4 is 40.8 Å². The lowest BCUT2D eigenvalue weighted by molar-refractivity contribution is -0.116. The Hall–Kier alpha value is -2.24. The molecule has 0 heterocycles. The normalized spacial score (nSPS) is 10.4. The Balaban J connectivity index is 1.87. The fourth-order valence-electron chi connectivity index (χ4n) is 2.60. The van der Waals surface area contributed by atoms with Crippen LogP contribution in [-0.2, 0) is 11.2 Å². The van der Waals surface area contributed by atoms with Crippen LogP contribution in [0.3, 0.4) is 0 Å². The number of nitrogens with zero attached hydrogens (tertiary/aromatic N) is 1. The summed E-state index contributed by atoms with van der Waals surface area (Å²) in [5.41, 5.74) is 2.73. The van der Waals surface area contributed by atoms with Crippen LogP contribution in [0.25, 0.3) is 0 Å². The number of hydrogen-bond acceptors (Lipinski definition) is 2. The number of carbonyl (C=O) groups is 2. The highest BCUT2D eigenvalue weighted by Crippen LogP contribution is 2.29. The van der Waals surface area contributed by atoms with Crippen LogP contribution in [0.15, 0.2) is 42.5 Å². The molecule has 0 aliphatic heterocycles. The van der Waals surface area contributed by atoms with Gasteiger partial charge in [0, 0.05) is 13.1 Å². The Labute approximate surface area is 169 Å². The van der Waals surface area contributed by atoms with E-state index >= 15 is 0 Å². The third kappa shape index (κ3) is 6.15. The first-order chi connectivity index (χ1) is 12.9. The van der Waals surface area contributed by atoms with Crippen molar-refractivity contribution in [3.63, 3.8) is 0 Å². The lowest BCUT2D eigenvalue weighted by atomic mass is 10.1. The molecule has 0 unspecified atom stereocenters. The molecule has 0 radical (unpaired) electrons. The summed E-state index contributed by atoms with van der Waals surface area (Å²) in [6.45, 7) is 4.67. The van der Waals surface area contributed by atoms with Gasteiger partial charge in [-0.1, -0.05) is 53.5 Å². The van der Waals surface area contributed by atoms with Gasteiger partial charge in [0.15, 0.2) is 0 Å². The quantitative estimate of drug-likeness (QED) is 0.708. The molecule has 0 atom stereocenters. The van der Waals surface area contributed by atoms with Crippen LogP contribution in [0.5, 0.6) is 0 Å². The molecule has 0 aliphatic rings. The van der Waals surface area contributed by atoms with E-state index in [0.717, 1.165) is 6.42 Å². The highest BCUT2D eigenvalue weighted by Gasteiger charge is 2.17. The number of rotatable bonds is 7. The minimum Gasteiger partial charge on any atom is -0.338 e.